The van der Waals surface area contributed by atoms with Crippen LogP contribution in [0.4, 0.5) is 17.6 Å². The van der Waals surface area contributed by atoms with Gasteiger partial charge in [-0.2, -0.15) is 13.2 Å². The Hall–Kier alpha value is -1.06. The molecule has 0 atom stereocenters. The van der Waals surface area contributed by atoms with Crippen LogP contribution >= 0.6 is 0 Å². The Morgan fingerprint density at radius 1 is 1.12 bits per heavy atom. The van der Waals surface area contributed by atoms with Crippen molar-refractivity contribution in [2.45, 2.75) is 38.8 Å². The van der Waals surface area contributed by atoms with Crippen molar-refractivity contribution in [2.75, 3.05) is 0 Å². The van der Waals surface area contributed by atoms with Crippen molar-refractivity contribution in [3.8, 4) is 0 Å². The summed E-state index contributed by atoms with van der Waals surface area (Å²) in [6, 6.07) is 2.71. The van der Waals surface area contributed by atoms with Crippen LogP contribution in [0, 0.1) is 5.82 Å². The second-order valence-electron chi connectivity index (χ2n) is 4.43. The maximum Gasteiger partial charge on any atom is 0.416 e. The van der Waals surface area contributed by atoms with E-state index in [0.29, 0.717) is 18.1 Å². The minimum absolute atomic E-state index is 0.322. The van der Waals surface area contributed by atoms with Crippen molar-refractivity contribution in [3.63, 3.8) is 0 Å². The molecule has 0 N–H and O–H groups in total. The first-order chi connectivity index (χ1) is 7.18. The van der Waals surface area contributed by atoms with Crippen LogP contribution in [0.1, 0.15) is 38.3 Å². The normalized spacial score (nSPS) is 12.9. The molecule has 0 aliphatic carbocycles. The first kappa shape index (κ1) is 13.0. The molecule has 0 spiro atoms. The van der Waals surface area contributed by atoms with E-state index in [1.807, 2.05) is 6.92 Å². The van der Waals surface area contributed by atoms with E-state index in [0.717, 1.165) is 6.07 Å². The molecule has 0 nitrogen and oxygen atoms in total. The predicted octanol–water partition coefficient (Wildman–Crippen LogP) is 4.53. The van der Waals surface area contributed by atoms with E-state index in [-0.39, 0.29) is 0 Å². The smallest absolute Gasteiger partial charge is 0.207 e. The molecule has 0 aliphatic heterocycles. The zero-order valence-electron chi connectivity index (χ0n) is 9.45. The number of benzene rings is 1. The molecule has 0 amide bonds. The summed E-state index contributed by atoms with van der Waals surface area (Å²) in [5.74, 6) is -0.790. The van der Waals surface area contributed by atoms with Gasteiger partial charge >= 0.3 is 6.18 Å². The molecule has 0 radical (unpaired) electrons. The monoisotopic (exact) mass is 234 g/mol. The molecule has 0 saturated carbocycles. The van der Waals surface area contributed by atoms with Crippen molar-refractivity contribution in [1.29, 1.82) is 0 Å². The fourth-order valence-corrected chi connectivity index (χ4v) is 1.43. The van der Waals surface area contributed by atoms with Crippen LogP contribution in [-0.4, -0.2) is 0 Å². The number of alkyl halides is 3. The molecular formula is C12H14F4. The Morgan fingerprint density at radius 3 is 2.06 bits per heavy atom. The molecule has 0 fully saturated rings. The summed E-state index contributed by atoms with van der Waals surface area (Å²) >= 11 is 0. The summed E-state index contributed by atoms with van der Waals surface area (Å²) in [6.07, 6.45) is -3.83. The standard InChI is InChI=1S/C12H14F4/c1-4-11(2,3)9-6-5-8(7-10(9)13)12(14,15)16/h5-7H,4H2,1-3H3. The third-order valence-electron chi connectivity index (χ3n) is 2.91. The lowest BCUT2D eigenvalue weighted by atomic mass is 9.81. The zero-order valence-corrected chi connectivity index (χ0v) is 9.45. The first-order valence-corrected chi connectivity index (χ1v) is 5.05. The van der Waals surface area contributed by atoms with Crippen LogP contribution in [0.3, 0.4) is 0 Å². The van der Waals surface area contributed by atoms with Crippen molar-refractivity contribution < 1.29 is 17.6 Å². The molecule has 4 heteroatoms. The average Bonchev–Trinajstić information content (AvgIpc) is 2.16. The van der Waals surface area contributed by atoms with Gasteiger partial charge in [0.25, 0.3) is 0 Å². The second-order valence-corrected chi connectivity index (χ2v) is 4.43. The Labute approximate surface area is 92.3 Å². The highest BCUT2D eigenvalue weighted by molar-refractivity contribution is 5.31. The summed E-state index contributed by atoms with van der Waals surface area (Å²) in [6.45, 7) is 5.48. The maximum absolute atomic E-state index is 13.6. The molecule has 0 bridgehead atoms. The van der Waals surface area contributed by atoms with Gasteiger partial charge in [0.05, 0.1) is 5.56 Å². The molecule has 0 heterocycles. The van der Waals surface area contributed by atoms with Gasteiger partial charge < -0.3 is 0 Å². The number of hydrogen-bond acceptors (Lipinski definition) is 0. The van der Waals surface area contributed by atoms with Crippen LogP contribution in [0.25, 0.3) is 0 Å². The van der Waals surface area contributed by atoms with E-state index in [2.05, 4.69) is 0 Å². The molecule has 1 aromatic rings. The molecule has 0 aliphatic rings. The van der Waals surface area contributed by atoms with Gasteiger partial charge in [-0.25, -0.2) is 4.39 Å². The lowest BCUT2D eigenvalue weighted by molar-refractivity contribution is -0.137. The summed E-state index contributed by atoms with van der Waals surface area (Å²) in [5.41, 5.74) is -1.07. The van der Waals surface area contributed by atoms with Gasteiger partial charge in [-0.15, -0.1) is 0 Å². The SMILES string of the molecule is CCC(C)(C)c1ccc(C(F)(F)F)cc1F. The van der Waals surface area contributed by atoms with E-state index >= 15 is 0 Å². The minimum atomic E-state index is -4.49. The number of hydrogen-bond donors (Lipinski definition) is 0. The van der Waals surface area contributed by atoms with E-state index < -0.39 is 23.0 Å². The third kappa shape index (κ3) is 2.54. The Balaban J connectivity index is 3.20. The van der Waals surface area contributed by atoms with Crippen LogP contribution in [0.5, 0.6) is 0 Å². The maximum atomic E-state index is 13.6. The van der Waals surface area contributed by atoms with Gasteiger partial charge in [0.15, 0.2) is 0 Å². The van der Waals surface area contributed by atoms with Gasteiger partial charge in [-0.05, 0) is 29.5 Å². The lowest BCUT2D eigenvalue weighted by Crippen LogP contribution is -2.18. The van der Waals surface area contributed by atoms with E-state index in [4.69, 9.17) is 0 Å². The lowest BCUT2D eigenvalue weighted by Gasteiger charge is -2.24. The van der Waals surface area contributed by atoms with Crippen LogP contribution in [-0.2, 0) is 11.6 Å². The summed E-state index contributed by atoms with van der Waals surface area (Å²) in [7, 11) is 0. The summed E-state index contributed by atoms with van der Waals surface area (Å²) in [4.78, 5) is 0. The molecule has 16 heavy (non-hydrogen) atoms. The van der Waals surface area contributed by atoms with Crippen molar-refractivity contribution in [3.05, 3.63) is 35.1 Å². The molecule has 0 unspecified atom stereocenters. The van der Waals surface area contributed by atoms with E-state index in [1.54, 1.807) is 13.8 Å². The largest absolute Gasteiger partial charge is 0.416 e. The van der Waals surface area contributed by atoms with Crippen LogP contribution in [0.2, 0.25) is 0 Å². The van der Waals surface area contributed by atoms with E-state index in [1.165, 1.54) is 6.07 Å². The van der Waals surface area contributed by atoms with Crippen LogP contribution < -0.4 is 0 Å². The first-order valence-electron chi connectivity index (χ1n) is 5.05. The van der Waals surface area contributed by atoms with Crippen molar-refractivity contribution >= 4 is 0 Å². The van der Waals surface area contributed by atoms with Crippen LogP contribution in [0.15, 0.2) is 18.2 Å². The number of rotatable bonds is 2. The molecule has 1 aromatic carbocycles. The van der Waals surface area contributed by atoms with Gasteiger partial charge in [0.2, 0.25) is 0 Å². The molecule has 1 rings (SSSR count). The average molecular weight is 234 g/mol. The van der Waals surface area contributed by atoms with Gasteiger partial charge in [0.1, 0.15) is 5.82 Å². The molecule has 90 valence electrons. The van der Waals surface area contributed by atoms with E-state index in [9.17, 15) is 17.6 Å². The summed E-state index contributed by atoms with van der Waals surface area (Å²) < 4.78 is 50.5. The predicted molar refractivity (Wildman–Crippen MR) is 54.7 cm³/mol. The van der Waals surface area contributed by atoms with Crippen molar-refractivity contribution in [1.82, 2.24) is 0 Å². The van der Waals surface area contributed by atoms with Gasteiger partial charge in [-0.3, -0.25) is 0 Å². The third-order valence-corrected chi connectivity index (χ3v) is 2.91. The van der Waals surface area contributed by atoms with Crippen molar-refractivity contribution in [2.24, 2.45) is 0 Å². The van der Waals surface area contributed by atoms with Gasteiger partial charge in [-0.1, -0.05) is 26.8 Å². The molecular weight excluding hydrogens is 220 g/mol. The fraction of sp³-hybridized carbons (Fsp3) is 0.500. The van der Waals surface area contributed by atoms with Gasteiger partial charge in [0, 0.05) is 0 Å². The number of halogens is 4. The Bertz CT molecular complexity index is 377. The minimum Gasteiger partial charge on any atom is -0.207 e. The molecule has 0 saturated heterocycles. The Morgan fingerprint density at radius 2 is 1.69 bits per heavy atom. The molecule has 0 aromatic heterocycles. The quantitative estimate of drug-likeness (QED) is 0.659. The second kappa shape index (κ2) is 4.07. The Kier molecular flexibility index (Phi) is 3.31. The highest BCUT2D eigenvalue weighted by Crippen LogP contribution is 2.34. The highest BCUT2D eigenvalue weighted by atomic mass is 19.4. The topological polar surface area (TPSA) is 0 Å². The zero-order chi connectivity index (χ0) is 12.6. The summed E-state index contributed by atoms with van der Waals surface area (Å²) in [5, 5.41) is 0. The highest BCUT2D eigenvalue weighted by Gasteiger charge is 2.32. The fourth-order valence-electron chi connectivity index (χ4n) is 1.43.